The zero-order valence-electron chi connectivity index (χ0n) is 20.2. The second kappa shape index (κ2) is 8.97. The highest BCUT2D eigenvalue weighted by Crippen LogP contribution is 2.47. The lowest BCUT2D eigenvalue weighted by atomic mass is 9.77. The van der Waals surface area contributed by atoms with Gasteiger partial charge in [-0.05, 0) is 34.1 Å². The predicted octanol–water partition coefficient (Wildman–Crippen LogP) is 5.66. The first-order chi connectivity index (χ1) is 14.9. The fourth-order valence-corrected chi connectivity index (χ4v) is 3.75. The Labute approximate surface area is 191 Å². The van der Waals surface area contributed by atoms with Crippen molar-refractivity contribution in [1.29, 1.82) is 0 Å². The average molecular weight is 439 g/mol. The van der Waals surface area contributed by atoms with Crippen LogP contribution in [0, 0.1) is 0 Å². The molecular weight excluding hydrogens is 404 g/mol. The number of esters is 2. The fourth-order valence-electron chi connectivity index (χ4n) is 3.75. The van der Waals surface area contributed by atoms with Crippen LogP contribution in [-0.2, 0) is 25.2 Å². The maximum Gasteiger partial charge on any atom is 0.323 e. The van der Waals surface area contributed by atoms with E-state index in [4.69, 9.17) is 14.2 Å². The van der Waals surface area contributed by atoms with Gasteiger partial charge < -0.3 is 14.2 Å². The molecule has 1 unspecified atom stereocenters. The lowest BCUT2D eigenvalue weighted by Crippen LogP contribution is -2.17. The van der Waals surface area contributed by atoms with E-state index in [1.54, 1.807) is 6.92 Å². The van der Waals surface area contributed by atoms with Gasteiger partial charge in [0.15, 0.2) is 0 Å². The largest absolute Gasteiger partial charge is 0.490 e. The number of carbonyl (C=O) groups excluding carboxylic acids is 2. The molecule has 0 saturated heterocycles. The quantitative estimate of drug-likeness (QED) is 0.331. The third-order valence-electron chi connectivity index (χ3n) is 5.66. The highest BCUT2D eigenvalue weighted by atomic mass is 16.6. The van der Waals surface area contributed by atoms with Crippen LogP contribution in [0.2, 0.25) is 0 Å². The molecule has 0 saturated carbocycles. The zero-order chi connectivity index (χ0) is 23.7. The van der Waals surface area contributed by atoms with Gasteiger partial charge in [0.1, 0.15) is 30.6 Å². The standard InChI is InChI=1S/C27H34O5/c1-8-22(28)31-14-13-30-19-11-9-17(10-12-19)23-20-15-18(26(2,3)4)16-21(27(5,6)7)24(20)32-25(23)29/h9-12,15-16,23H,8,13-14H2,1-7H3. The molecule has 32 heavy (non-hydrogen) atoms. The van der Waals surface area contributed by atoms with E-state index >= 15 is 0 Å². The second-order valence-electron chi connectivity index (χ2n) is 10.3. The van der Waals surface area contributed by atoms with Crippen LogP contribution in [0.15, 0.2) is 36.4 Å². The van der Waals surface area contributed by atoms with Gasteiger partial charge >= 0.3 is 11.9 Å². The average Bonchev–Trinajstić information content (AvgIpc) is 3.05. The topological polar surface area (TPSA) is 61.8 Å². The van der Waals surface area contributed by atoms with E-state index in [0.29, 0.717) is 17.9 Å². The third-order valence-corrected chi connectivity index (χ3v) is 5.66. The van der Waals surface area contributed by atoms with Gasteiger partial charge in [0.25, 0.3) is 0 Å². The molecule has 0 amide bonds. The van der Waals surface area contributed by atoms with Gasteiger partial charge in [-0.15, -0.1) is 0 Å². The van der Waals surface area contributed by atoms with Crippen molar-refractivity contribution < 1.29 is 23.8 Å². The summed E-state index contributed by atoms with van der Waals surface area (Å²) in [6, 6.07) is 11.8. The predicted molar refractivity (Wildman–Crippen MR) is 125 cm³/mol. The van der Waals surface area contributed by atoms with Crippen molar-refractivity contribution in [3.8, 4) is 11.5 Å². The summed E-state index contributed by atoms with van der Waals surface area (Å²) in [5, 5.41) is 0. The summed E-state index contributed by atoms with van der Waals surface area (Å²) in [4.78, 5) is 24.2. The van der Waals surface area contributed by atoms with Crippen LogP contribution in [0.1, 0.15) is 83.1 Å². The molecule has 0 fully saturated rings. The van der Waals surface area contributed by atoms with Gasteiger partial charge in [0, 0.05) is 17.5 Å². The maximum absolute atomic E-state index is 13.0. The Hall–Kier alpha value is -2.82. The number of fused-ring (bicyclic) bond motifs is 1. The fraction of sp³-hybridized carbons (Fsp3) is 0.481. The van der Waals surface area contributed by atoms with Crippen LogP contribution in [0.25, 0.3) is 0 Å². The van der Waals surface area contributed by atoms with Crippen molar-refractivity contribution in [2.45, 2.75) is 71.6 Å². The highest BCUT2D eigenvalue weighted by Gasteiger charge is 2.39. The van der Waals surface area contributed by atoms with Crippen LogP contribution in [0.3, 0.4) is 0 Å². The van der Waals surface area contributed by atoms with Gasteiger partial charge in [-0.3, -0.25) is 9.59 Å². The number of hydrogen-bond acceptors (Lipinski definition) is 5. The first-order valence-electron chi connectivity index (χ1n) is 11.2. The Morgan fingerprint density at radius 3 is 2.19 bits per heavy atom. The highest BCUT2D eigenvalue weighted by molar-refractivity contribution is 5.90. The number of benzene rings is 2. The van der Waals surface area contributed by atoms with Crippen molar-refractivity contribution in [3.63, 3.8) is 0 Å². The first kappa shape index (κ1) is 23.8. The minimum absolute atomic E-state index is 0.0514. The van der Waals surface area contributed by atoms with E-state index in [2.05, 4.69) is 53.7 Å². The third kappa shape index (κ3) is 5.14. The molecule has 5 heteroatoms. The molecule has 172 valence electrons. The molecule has 1 aliphatic rings. The normalized spacial score (nSPS) is 15.8. The van der Waals surface area contributed by atoms with Crippen molar-refractivity contribution >= 4 is 11.9 Å². The summed E-state index contributed by atoms with van der Waals surface area (Å²) in [6.07, 6.45) is 0.349. The molecule has 1 heterocycles. The molecule has 0 N–H and O–H groups in total. The van der Waals surface area contributed by atoms with Gasteiger partial charge in [-0.25, -0.2) is 0 Å². The van der Waals surface area contributed by atoms with E-state index in [1.807, 2.05) is 24.3 Å². The van der Waals surface area contributed by atoms with E-state index in [-0.39, 0.29) is 36.0 Å². The molecule has 0 aromatic heterocycles. The van der Waals surface area contributed by atoms with E-state index in [0.717, 1.165) is 16.7 Å². The summed E-state index contributed by atoms with van der Waals surface area (Å²) in [6.45, 7) is 15.2. The Balaban J connectivity index is 1.88. The van der Waals surface area contributed by atoms with E-state index < -0.39 is 5.92 Å². The summed E-state index contributed by atoms with van der Waals surface area (Å²) >= 11 is 0. The number of carbonyl (C=O) groups is 2. The van der Waals surface area contributed by atoms with Crippen LogP contribution in [0.4, 0.5) is 0 Å². The van der Waals surface area contributed by atoms with Crippen molar-refractivity contribution in [2.24, 2.45) is 0 Å². The lowest BCUT2D eigenvalue weighted by Gasteiger charge is -2.27. The molecule has 2 aromatic carbocycles. The van der Waals surface area contributed by atoms with Crippen LogP contribution < -0.4 is 9.47 Å². The maximum atomic E-state index is 13.0. The number of ether oxygens (including phenoxy) is 3. The SMILES string of the molecule is CCC(=O)OCCOc1ccc(C2C(=O)Oc3c2cc(C(C)(C)C)cc3C(C)(C)C)cc1. The Bertz CT molecular complexity index is 990. The molecule has 1 aliphatic heterocycles. The summed E-state index contributed by atoms with van der Waals surface area (Å²) in [7, 11) is 0. The van der Waals surface area contributed by atoms with Gasteiger partial charge in [0.2, 0.25) is 0 Å². The minimum atomic E-state index is -0.465. The number of rotatable bonds is 6. The van der Waals surface area contributed by atoms with Crippen molar-refractivity contribution in [2.75, 3.05) is 13.2 Å². The second-order valence-corrected chi connectivity index (χ2v) is 10.3. The molecule has 2 aromatic rings. The molecule has 0 aliphatic carbocycles. The Morgan fingerprint density at radius 1 is 0.969 bits per heavy atom. The van der Waals surface area contributed by atoms with Gasteiger partial charge in [-0.1, -0.05) is 72.7 Å². The first-order valence-corrected chi connectivity index (χ1v) is 11.2. The Kier molecular flexibility index (Phi) is 6.68. The molecular formula is C27H34O5. The van der Waals surface area contributed by atoms with Gasteiger partial charge in [-0.2, -0.15) is 0 Å². The van der Waals surface area contributed by atoms with Crippen LogP contribution in [0.5, 0.6) is 11.5 Å². The summed E-state index contributed by atoms with van der Waals surface area (Å²) < 4.78 is 16.5. The molecule has 1 atom stereocenters. The molecule has 5 nitrogen and oxygen atoms in total. The summed E-state index contributed by atoms with van der Waals surface area (Å²) in [5.41, 5.74) is 3.82. The lowest BCUT2D eigenvalue weighted by molar-refractivity contribution is -0.144. The van der Waals surface area contributed by atoms with Crippen molar-refractivity contribution in [1.82, 2.24) is 0 Å². The monoisotopic (exact) mass is 438 g/mol. The van der Waals surface area contributed by atoms with Crippen LogP contribution in [-0.4, -0.2) is 25.2 Å². The number of hydrogen-bond donors (Lipinski definition) is 0. The summed E-state index contributed by atoms with van der Waals surface area (Å²) in [5.74, 6) is 0.390. The van der Waals surface area contributed by atoms with Gasteiger partial charge in [0.05, 0.1) is 0 Å². The molecule has 3 rings (SSSR count). The van der Waals surface area contributed by atoms with E-state index in [1.165, 1.54) is 5.56 Å². The Morgan fingerprint density at radius 2 is 1.62 bits per heavy atom. The zero-order valence-corrected chi connectivity index (χ0v) is 20.2. The smallest absolute Gasteiger partial charge is 0.323 e. The van der Waals surface area contributed by atoms with Crippen LogP contribution >= 0.6 is 0 Å². The van der Waals surface area contributed by atoms with E-state index in [9.17, 15) is 9.59 Å². The minimum Gasteiger partial charge on any atom is -0.490 e. The molecule has 0 spiro atoms. The molecule has 0 radical (unpaired) electrons. The molecule has 0 bridgehead atoms. The van der Waals surface area contributed by atoms with Crippen molar-refractivity contribution in [3.05, 3.63) is 58.7 Å².